The van der Waals surface area contributed by atoms with E-state index in [1.165, 1.54) is 6.42 Å². The van der Waals surface area contributed by atoms with Gasteiger partial charge in [0.1, 0.15) is 11.8 Å². The molecule has 0 unspecified atom stereocenters. The van der Waals surface area contributed by atoms with Gasteiger partial charge < -0.3 is 15.0 Å². The molecule has 1 aliphatic carbocycles. The van der Waals surface area contributed by atoms with Gasteiger partial charge in [0.2, 0.25) is 5.91 Å². The Hall–Kier alpha value is -2.53. The Bertz CT molecular complexity index is 980. The predicted molar refractivity (Wildman–Crippen MR) is 137 cm³/mol. The van der Waals surface area contributed by atoms with Crippen molar-refractivity contribution in [2.75, 3.05) is 6.61 Å². The van der Waals surface area contributed by atoms with E-state index < -0.39 is 6.04 Å². The number of nitrogens with one attached hydrogen (secondary N) is 1. The number of rotatable bonds is 8. The van der Waals surface area contributed by atoms with Crippen LogP contribution in [0.1, 0.15) is 70.9 Å². The van der Waals surface area contributed by atoms with Crippen LogP contribution >= 0.6 is 11.6 Å². The van der Waals surface area contributed by atoms with Crippen LogP contribution in [-0.2, 0) is 21.5 Å². The largest absolute Gasteiger partial charge is 0.483 e. The Balaban J connectivity index is 1.76. The van der Waals surface area contributed by atoms with Gasteiger partial charge in [0.15, 0.2) is 6.61 Å². The van der Waals surface area contributed by atoms with Crippen molar-refractivity contribution >= 4 is 23.4 Å². The number of amides is 2. The Labute approximate surface area is 208 Å². The molecule has 0 saturated heterocycles. The zero-order valence-corrected chi connectivity index (χ0v) is 21.5. The molecule has 6 heteroatoms. The highest BCUT2D eigenvalue weighted by Gasteiger charge is 2.29. The summed E-state index contributed by atoms with van der Waals surface area (Å²) in [5.74, 6) is 0.290. The Morgan fingerprint density at radius 1 is 1.06 bits per heavy atom. The quantitative estimate of drug-likeness (QED) is 0.508. The van der Waals surface area contributed by atoms with E-state index in [-0.39, 0.29) is 36.4 Å². The van der Waals surface area contributed by atoms with Crippen molar-refractivity contribution in [2.45, 2.75) is 83.8 Å². The lowest BCUT2D eigenvalue weighted by Gasteiger charge is -2.31. The third-order valence-electron chi connectivity index (χ3n) is 6.46. The molecule has 0 aromatic heterocycles. The molecular weight excluding hydrogens is 448 g/mol. The van der Waals surface area contributed by atoms with Gasteiger partial charge in [0, 0.05) is 17.6 Å². The highest BCUT2D eigenvalue weighted by Crippen LogP contribution is 2.31. The molecule has 3 rings (SSSR count). The molecule has 0 radical (unpaired) electrons. The maximum absolute atomic E-state index is 13.4. The summed E-state index contributed by atoms with van der Waals surface area (Å²) in [6, 6.07) is 14.7. The van der Waals surface area contributed by atoms with Gasteiger partial charge in [-0.1, -0.05) is 88.0 Å². The van der Waals surface area contributed by atoms with Gasteiger partial charge in [-0.2, -0.15) is 0 Å². The Morgan fingerprint density at radius 3 is 2.38 bits per heavy atom. The van der Waals surface area contributed by atoms with Crippen molar-refractivity contribution in [1.29, 1.82) is 0 Å². The van der Waals surface area contributed by atoms with Crippen LogP contribution in [0.25, 0.3) is 0 Å². The molecule has 1 fully saturated rings. The molecule has 0 spiro atoms. The average molecular weight is 485 g/mol. The van der Waals surface area contributed by atoms with Crippen LogP contribution in [0, 0.1) is 0 Å². The van der Waals surface area contributed by atoms with Crippen molar-refractivity contribution in [3.8, 4) is 5.75 Å². The van der Waals surface area contributed by atoms with E-state index in [4.69, 9.17) is 16.3 Å². The van der Waals surface area contributed by atoms with Crippen LogP contribution in [0.2, 0.25) is 5.02 Å². The van der Waals surface area contributed by atoms with Crippen LogP contribution in [0.3, 0.4) is 0 Å². The number of hydrogen-bond acceptors (Lipinski definition) is 3. The van der Waals surface area contributed by atoms with E-state index >= 15 is 0 Å². The van der Waals surface area contributed by atoms with Crippen LogP contribution in [-0.4, -0.2) is 35.4 Å². The minimum atomic E-state index is -0.646. The SMILES string of the molecule is C[C@@H](C(=O)NC1CCCCC1)N(Cc1ccccc1Cl)C(=O)COc1ccccc1C(C)(C)C. The number of carbonyl (C=O) groups excluding carboxylic acids is 2. The van der Waals surface area contributed by atoms with Crippen LogP contribution < -0.4 is 10.1 Å². The molecular formula is C28H37ClN2O3. The molecule has 0 bridgehead atoms. The van der Waals surface area contributed by atoms with E-state index in [9.17, 15) is 9.59 Å². The second kappa shape index (κ2) is 11.7. The first-order chi connectivity index (χ1) is 16.2. The lowest BCUT2D eigenvalue weighted by Crippen LogP contribution is -2.51. The summed E-state index contributed by atoms with van der Waals surface area (Å²) in [5.41, 5.74) is 1.71. The normalized spacial score (nSPS) is 15.4. The van der Waals surface area contributed by atoms with E-state index in [0.717, 1.165) is 36.8 Å². The summed E-state index contributed by atoms with van der Waals surface area (Å²) in [5, 5.41) is 3.72. The Kier molecular flexibility index (Phi) is 9.01. The fraction of sp³-hybridized carbons (Fsp3) is 0.500. The van der Waals surface area contributed by atoms with E-state index in [0.29, 0.717) is 10.8 Å². The minimum absolute atomic E-state index is 0.121. The molecule has 0 heterocycles. The van der Waals surface area contributed by atoms with Gasteiger partial charge in [-0.15, -0.1) is 0 Å². The molecule has 2 aromatic rings. The zero-order valence-electron chi connectivity index (χ0n) is 20.8. The molecule has 0 aliphatic heterocycles. The third-order valence-corrected chi connectivity index (χ3v) is 6.83. The maximum atomic E-state index is 13.4. The fourth-order valence-corrected chi connectivity index (χ4v) is 4.59. The summed E-state index contributed by atoms with van der Waals surface area (Å²) in [6.45, 7) is 8.19. The topological polar surface area (TPSA) is 58.6 Å². The summed E-state index contributed by atoms with van der Waals surface area (Å²) in [6.07, 6.45) is 5.45. The van der Waals surface area contributed by atoms with Crippen LogP contribution in [0.15, 0.2) is 48.5 Å². The van der Waals surface area contributed by atoms with Gasteiger partial charge in [-0.3, -0.25) is 9.59 Å². The maximum Gasteiger partial charge on any atom is 0.261 e. The van der Waals surface area contributed by atoms with Gasteiger partial charge in [0.25, 0.3) is 5.91 Å². The molecule has 1 N–H and O–H groups in total. The van der Waals surface area contributed by atoms with Crippen molar-refractivity contribution in [2.24, 2.45) is 0 Å². The second-order valence-corrected chi connectivity index (χ2v) is 10.6. The van der Waals surface area contributed by atoms with Crippen molar-refractivity contribution in [1.82, 2.24) is 10.2 Å². The minimum Gasteiger partial charge on any atom is -0.483 e. The van der Waals surface area contributed by atoms with Crippen molar-refractivity contribution in [3.63, 3.8) is 0 Å². The number of para-hydroxylation sites is 1. The zero-order chi connectivity index (χ0) is 24.7. The van der Waals surface area contributed by atoms with Crippen molar-refractivity contribution < 1.29 is 14.3 Å². The van der Waals surface area contributed by atoms with Gasteiger partial charge in [-0.05, 0) is 48.4 Å². The highest BCUT2D eigenvalue weighted by molar-refractivity contribution is 6.31. The molecule has 1 atom stereocenters. The number of hydrogen-bond donors (Lipinski definition) is 1. The average Bonchev–Trinajstić information content (AvgIpc) is 2.82. The van der Waals surface area contributed by atoms with E-state index in [2.05, 4.69) is 26.1 Å². The molecule has 1 saturated carbocycles. The second-order valence-electron chi connectivity index (χ2n) is 10.2. The molecule has 184 valence electrons. The number of carbonyl (C=O) groups is 2. The van der Waals surface area contributed by atoms with E-state index in [1.54, 1.807) is 17.9 Å². The van der Waals surface area contributed by atoms with Crippen LogP contribution in [0.5, 0.6) is 5.75 Å². The fourth-order valence-electron chi connectivity index (χ4n) is 4.40. The van der Waals surface area contributed by atoms with Gasteiger partial charge >= 0.3 is 0 Å². The van der Waals surface area contributed by atoms with E-state index in [1.807, 2.05) is 42.5 Å². The smallest absolute Gasteiger partial charge is 0.261 e. The first-order valence-electron chi connectivity index (χ1n) is 12.2. The highest BCUT2D eigenvalue weighted by atomic mass is 35.5. The monoisotopic (exact) mass is 484 g/mol. The number of halogens is 1. The number of ether oxygens (including phenoxy) is 1. The summed E-state index contributed by atoms with van der Waals surface area (Å²) in [7, 11) is 0. The summed E-state index contributed by atoms with van der Waals surface area (Å²) in [4.78, 5) is 28.1. The van der Waals surface area contributed by atoms with Gasteiger partial charge in [0.05, 0.1) is 0 Å². The first kappa shape index (κ1) is 26.1. The molecule has 34 heavy (non-hydrogen) atoms. The first-order valence-corrected chi connectivity index (χ1v) is 12.6. The Morgan fingerprint density at radius 2 is 1.71 bits per heavy atom. The lowest BCUT2D eigenvalue weighted by atomic mass is 9.86. The standard InChI is InChI=1S/C28H37ClN2O3/c1-20(27(33)30-22-13-6-5-7-14-22)31(18-21-12-8-10-16-24(21)29)26(32)19-34-25-17-11-9-15-23(25)28(2,3)4/h8-12,15-17,20,22H,5-7,13-14,18-19H2,1-4H3,(H,30,33)/t20-/m0/s1. The molecule has 2 aromatic carbocycles. The molecule has 5 nitrogen and oxygen atoms in total. The predicted octanol–water partition coefficient (Wildman–Crippen LogP) is 5.88. The third kappa shape index (κ3) is 6.99. The summed E-state index contributed by atoms with van der Waals surface area (Å²) < 4.78 is 6.00. The number of nitrogens with zero attached hydrogens (tertiary/aromatic N) is 1. The summed E-state index contributed by atoms with van der Waals surface area (Å²) >= 11 is 6.39. The van der Waals surface area contributed by atoms with Crippen molar-refractivity contribution in [3.05, 3.63) is 64.7 Å². The molecule has 1 aliphatic rings. The van der Waals surface area contributed by atoms with Crippen LogP contribution in [0.4, 0.5) is 0 Å². The lowest BCUT2D eigenvalue weighted by molar-refractivity contribution is -0.142. The number of benzene rings is 2. The molecule has 2 amide bonds. The van der Waals surface area contributed by atoms with Gasteiger partial charge in [-0.25, -0.2) is 0 Å².